The van der Waals surface area contributed by atoms with Crippen molar-refractivity contribution in [3.05, 3.63) is 51.2 Å². The Morgan fingerprint density at radius 1 is 1.46 bits per heavy atom. The highest BCUT2D eigenvalue weighted by Crippen LogP contribution is 2.19. The van der Waals surface area contributed by atoms with Gasteiger partial charge in [0.25, 0.3) is 5.91 Å². The van der Waals surface area contributed by atoms with Crippen molar-refractivity contribution in [1.82, 2.24) is 4.98 Å². The number of amides is 1. The molecule has 0 fully saturated rings. The Morgan fingerprint density at radius 3 is 2.83 bits per heavy atom. The van der Waals surface area contributed by atoms with Crippen LogP contribution >= 0.6 is 22.9 Å². The summed E-state index contributed by atoms with van der Waals surface area (Å²) in [5.41, 5.74) is 0.954. The summed E-state index contributed by atoms with van der Waals surface area (Å²) in [5.74, 6) is -1.80. The van der Waals surface area contributed by atoms with Crippen LogP contribution in [0.25, 0.3) is 6.08 Å². The molecule has 1 heterocycles. The zero-order valence-electron chi connectivity index (χ0n) is 12.9. The fourth-order valence-electron chi connectivity index (χ4n) is 1.69. The van der Waals surface area contributed by atoms with Gasteiger partial charge in [0.15, 0.2) is 6.10 Å². The highest BCUT2D eigenvalue weighted by atomic mass is 35.5. The Labute approximate surface area is 147 Å². The number of halogens is 2. The van der Waals surface area contributed by atoms with Gasteiger partial charge in [0, 0.05) is 17.1 Å². The molecule has 0 radical (unpaired) electrons. The van der Waals surface area contributed by atoms with Crippen LogP contribution in [0, 0.1) is 12.7 Å². The molecule has 1 amide bonds. The number of carbonyl (C=O) groups is 2. The van der Waals surface area contributed by atoms with E-state index in [9.17, 15) is 14.0 Å². The quantitative estimate of drug-likeness (QED) is 0.643. The van der Waals surface area contributed by atoms with Crippen molar-refractivity contribution in [3.8, 4) is 0 Å². The molecule has 126 valence electrons. The maximum atomic E-state index is 13.1. The monoisotopic (exact) mass is 368 g/mol. The zero-order valence-corrected chi connectivity index (χ0v) is 14.5. The number of ether oxygens (including phenoxy) is 1. The second-order valence-corrected chi connectivity index (χ2v) is 6.29. The highest BCUT2D eigenvalue weighted by molar-refractivity contribution is 7.09. The van der Waals surface area contributed by atoms with E-state index in [1.54, 1.807) is 5.38 Å². The molecule has 2 aromatic rings. The van der Waals surface area contributed by atoms with E-state index in [2.05, 4.69) is 10.3 Å². The van der Waals surface area contributed by atoms with Crippen molar-refractivity contribution in [3.63, 3.8) is 0 Å². The van der Waals surface area contributed by atoms with Gasteiger partial charge in [-0.05, 0) is 38.1 Å². The first-order chi connectivity index (χ1) is 11.3. The molecule has 0 spiro atoms. The molecule has 2 rings (SSSR count). The van der Waals surface area contributed by atoms with Crippen molar-refractivity contribution in [1.29, 1.82) is 0 Å². The molecule has 0 aliphatic carbocycles. The van der Waals surface area contributed by atoms with Gasteiger partial charge in [-0.2, -0.15) is 0 Å². The Balaban J connectivity index is 1.89. The second kappa shape index (κ2) is 8.03. The number of anilines is 1. The lowest BCUT2D eigenvalue weighted by molar-refractivity contribution is -0.148. The molecule has 1 N–H and O–H groups in total. The lowest BCUT2D eigenvalue weighted by Gasteiger charge is -2.12. The van der Waals surface area contributed by atoms with Gasteiger partial charge in [-0.3, -0.25) is 4.79 Å². The number of nitrogens with zero attached hydrogens (tertiary/aromatic N) is 1. The Morgan fingerprint density at radius 2 is 2.21 bits per heavy atom. The third-order valence-electron chi connectivity index (χ3n) is 2.88. The van der Waals surface area contributed by atoms with Gasteiger partial charge in [0.1, 0.15) is 5.82 Å². The van der Waals surface area contributed by atoms with E-state index < -0.39 is 23.8 Å². The molecule has 0 bridgehead atoms. The number of carbonyl (C=O) groups excluding carboxylic acids is 2. The summed E-state index contributed by atoms with van der Waals surface area (Å²) >= 11 is 7.10. The lowest BCUT2D eigenvalue weighted by Crippen LogP contribution is -2.29. The molecule has 0 saturated heterocycles. The predicted octanol–water partition coefficient (Wildman–Crippen LogP) is 3.83. The van der Waals surface area contributed by atoms with Gasteiger partial charge in [-0.1, -0.05) is 11.6 Å². The Kier molecular flexibility index (Phi) is 6.05. The van der Waals surface area contributed by atoms with Crippen LogP contribution in [-0.2, 0) is 14.3 Å². The number of nitrogens with one attached hydrogen (secondary N) is 1. The minimum absolute atomic E-state index is 0.112. The normalized spacial score (nSPS) is 12.2. The molecule has 0 aliphatic rings. The van der Waals surface area contributed by atoms with Gasteiger partial charge in [0.2, 0.25) is 0 Å². The van der Waals surface area contributed by atoms with E-state index in [0.29, 0.717) is 11.4 Å². The molecule has 0 saturated carbocycles. The molecular formula is C16H14ClFN2O3S. The highest BCUT2D eigenvalue weighted by Gasteiger charge is 2.17. The van der Waals surface area contributed by atoms with Crippen molar-refractivity contribution >= 4 is 46.6 Å². The van der Waals surface area contributed by atoms with Gasteiger partial charge in [0.05, 0.1) is 15.7 Å². The van der Waals surface area contributed by atoms with E-state index >= 15 is 0 Å². The van der Waals surface area contributed by atoms with Crippen LogP contribution in [0.15, 0.2) is 29.7 Å². The molecule has 1 aromatic carbocycles. The SMILES string of the molecule is Cc1nc(C=CC(=O)OC(C)C(=O)Nc2ccc(F)c(Cl)c2)cs1. The number of rotatable bonds is 5. The molecule has 1 atom stereocenters. The van der Waals surface area contributed by atoms with E-state index in [1.165, 1.54) is 42.5 Å². The minimum Gasteiger partial charge on any atom is -0.449 e. The number of esters is 1. The number of hydrogen-bond acceptors (Lipinski definition) is 5. The summed E-state index contributed by atoms with van der Waals surface area (Å²) in [7, 11) is 0. The molecule has 24 heavy (non-hydrogen) atoms. The third-order valence-corrected chi connectivity index (χ3v) is 3.96. The van der Waals surface area contributed by atoms with Crippen molar-refractivity contribution in [2.45, 2.75) is 20.0 Å². The van der Waals surface area contributed by atoms with Crippen LogP contribution < -0.4 is 5.32 Å². The first-order valence-electron chi connectivity index (χ1n) is 6.92. The van der Waals surface area contributed by atoms with E-state index in [0.717, 1.165) is 11.1 Å². The maximum Gasteiger partial charge on any atom is 0.331 e. The number of thiazole rings is 1. The lowest BCUT2D eigenvalue weighted by atomic mass is 10.3. The van der Waals surface area contributed by atoms with E-state index in [-0.39, 0.29) is 5.02 Å². The average molecular weight is 369 g/mol. The first-order valence-corrected chi connectivity index (χ1v) is 8.17. The Hall–Kier alpha value is -2.25. The third kappa shape index (κ3) is 5.14. The van der Waals surface area contributed by atoms with Crippen LogP contribution in [0.1, 0.15) is 17.6 Å². The average Bonchev–Trinajstić information content (AvgIpc) is 2.94. The molecule has 1 aromatic heterocycles. The van der Waals surface area contributed by atoms with Crippen LogP contribution in [0.5, 0.6) is 0 Å². The smallest absolute Gasteiger partial charge is 0.331 e. The molecule has 5 nitrogen and oxygen atoms in total. The summed E-state index contributed by atoms with van der Waals surface area (Å²) in [5, 5.41) is 5.06. The molecule has 1 unspecified atom stereocenters. The standard InChI is InChI=1S/C16H14ClFN2O3S/c1-9(16(22)20-11-3-5-14(18)13(17)7-11)23-15(21)6-4-12-8-24-10(2)19-12/h3-9H,1-2H3,(H,20,22). The summed E-state index contributed by atoms with van der Waals surface area (Å²) in [6.45, 7) is 3.29. The number of hydrogen-bond donors (Lipinski definition) is 1. The van der Waals surface area contributed by atoms with Crippen LogP contribution in [0.4, 0.5) is 10.1 Å². The van der Waals surface area contributed by atoms with Gasteiger partial charge in [-0.25, -0.2) is 14.2 Å². The van der Waals surface area contributed by atoms with E-state index in [4.69, 9.17) is 16.3 Å². The van der Waals surface area contributed by atoms with Crippen molar-refractivity contribution in [2.24, 2.45) is 0 Å². The first kappa shape index (κ1) is 18.1. The zero-order chi connectivity index (χ0) is 17.7. The number of benzene rings is 1. The van der Waals surface area contributed by atoms with Gasteiger partial charge < -0.3 is 10.1 Å². The maximum absolute atomic E-state index is 13.1. The van der Waals surface area contributed by atoms with Crippen LogP contribution in [-0.4, -0.2) is 23.0 Å². The molecule has 8 heteroatoms. The van der Waals surface area contributed by atoms with Crippen molar-refractivity contribution in [2.75, 3.05) is 5.32 Å². The minimum atomic E-state index is -1.02. The summed E-state index contributed by atoms with van der Waals surface area (Å²) in [6, 6.07) is 3.76. The van der Waals surface area contributed by atoms with Crippen molar-refractivity contribution < 1.29 is 18.7 Å². The molecular weight excluding hydrogens is 355 g/mol. The predicted molar refractivity (Wildman–Crippen MR) is 91.5 cm³/mol. The summed E-state index contributed by atoms with van der Waals surface area (Å²) in [6.07, 6.45) is 1.69. The Bertz CT molecular complexity index is 791. The fraction of sp³-hybridized carbons (Fsp3) is 0.188. The van der Waals surface area contributed by atoms with E-state index in [1.807, 2.05) is 6.92 Å². The fourth-order valence-corrected chi connectivity index (χ4v) is 2.46. The van der Waals surface area contributed by atoms with Crippen LogP contribution in [0.3, 0.4) is 0 Å². The topological polar surface area (TPSA) is 68.3 Å². The van der Waals surface area contributed by atoms with Crippen LogP contribution in [0.2, 0.25) is 5.02 Å². The summed E-state index contributed by atoms with van der Waals surface area (Å²) in [4.78, 5) is 27.8. The van der Waals surface area contributed by atoms with Gasteiger partial charge in [-0.15, -0.1) is 11.3 Å². The van der Waals surface area contributed by atoms with Gasteiger partial charge >= 0.3 is 5.97 Å². The second-order valence-electron chi connectivity index (χ2n) is 4.82. The number of aryl methyl sites for hydroxylation is 1. The largest absolute Gasteiger partial charge is 0.449 e. The molecule has 0 aliphatic heterocycles. The number of aromatic nitrogens is 1. The summed E-state index contributed by atoms with van der Waals surface area (Å²) < 4.78 is 18.1.